The van der Waals surface area contributed by atoms with Crippen LogP contribution in [0.25, 0.3) is 0 Å². The van der Waals surface area contributed by atoms with Gasteiger partial charge >= 0.3 is 5.97 Å². The van der Waals surface area contributed by atoms with Gasteiger partial charge in [-0.3, -0.25) is 0 Å². The van der Waals surface area contributed by atoms with Crippen LogP contribution in [-0.2, 0) is 9.53 Å². The van der Waals surface area contributed by atoms with Crippen LogP contribution >= 0.6 is 11.3 Å². The molecule has 0 aliphatic heterocycles. The Labute approximate surface area is 78.7 Å². The quantitative estimate of drug-likeness (QED) is 0.545. The van der Waals surface area contributed by atoms with Crippen LogP contribution in [0.1, 0.15) is 18.7 Å². The summed E-state index contributed by atoms with van der Waals surface area (Å²) in [4.78, 5) is 25.3. The molecule has 0 fully saturated rings. The average molecular weight is 200 g/mol. The lowest BCUT2D eigenvalue weighted by Gasteiger charge is -2.04. The third kappa shape index (κ3) is 2.32. The molecule has 0 aliphatic carbocycles. The molecule has 70 valence electrons. The van der Waals surface area contributed by atoms with Crippen molar-refractivity contribution in [3.63, 3.8) is 0 Å². The molecule has 0 aliphatic rings. The van der Waals surface area contributed by atoms with Gasteiger partial charge in [0.05, 0.1) is 17.8 Å². The van der Waals surface area contributed by atoms with E-state index in [9.17, 15) is 9.70 Å². The second-order valence-corrected chi connectivity index (χ2v) is 2.89. The van der Waals surface area contributed by atoms with Crippen LogP contribution in [0.3, 0.4) is 0 Å². The van der Waals surface area contributed by atoms with E-state index in [2.05, 4.69) is 14.9 Å². The molecule has 0 radical (unpaired) electrons. The summed E-state index contributed by atoms with van der Waals surface area (Å²) in [7, 11) is 0. The second-order valence-electron chi connectivity index (χ2n) is 2.17. The molecule has 0 N–H and O–H groups in total. The molecule has 1 heterocycles. The lowest BCUT2D eigenvalue weighted by molar-refractivity contribution is -0.144. The molecule has 5 nitrogen and oxygen atoms in total. The number of esters is 1. The highest BCUT2D eigenvalue weighted by atomic mass is 32.1. The second kappa shape index (κ2) is 4.66. The highest BCUT2D eigenvalue weighted by Gasteiger charge is 2.24. The third-order valence-electron chi connectivity index (χ3n) is 1.35. The highest BCUT2D eigenvalue weighted by molar-refractivity contribution is 7.07. The molecule has 0 saturated heterocycles. The standard InChI is InChI=1S/C7H8N2O3S/c1-2-12-7(10)6(9-11)5-3-13-4-8-5/h3-4,6H,2H2,1H3. The molecule has 0 amide bonds. The molecule has 1 aromatic heterocycles. The van der Waals surface area contributed by atoms with Gasteiger partial charge in [-0.05, 0) is 12.1 Å². The molecule has 1 aromatic rings. The highest BCUT2D eigenvalue weighted by Crippen LogP contribution is 2.18. The Morgan fingerprint density at radius 2 is 2.62 bits per heavy atom. The van der Waals surface area contributed by atoms with E-state index in [1.165, 1.54) is 16.8 Å². The van der Waals surface area contributed by atoms with Gasteiger partial charge in [-0.15, -0.1) is 16.2 Å². The zero-order valence-corrected chi connectivity index (χ0v) is 7.78. The van der Waals surface area contributed by atoms with E-state index >= 15 is 0 Å². The topological polar surface area (TPSA) is 68.6 Å². The Balaban J connectivity index is 2.74. The molecule has 13 heavy (non-hydrogen) atoms. The first kappa shape index (κ1) is 9.79. The Morgan fingerprint density at radius 1 is 1.85 bits per heavy atom. The van der Waals surface area contributed by atoms with Gasteiger partial charge in [-0.1, -0.05) is 0 Å². The van der Waals surface area contributed by atoms with Crippen molar-refractivity contribution in [1.29, 1.82) is 0 Å². The lowest BCUT2D eigenvalue weighted by atomic mass is 10.2. The number of nitrogens with zero attached hydrogens (tertiary/aromatic N) is 2. The number of rotatable bonds is 4. The van der Waals surface area contributed by atoms with Crippen LogP contribution in [0.4, 0.5) is 0 Å². The van der Waals surface area contributed by atoms with Gasteiger partial charge < -0.3 is 4.74 Å². The zero-order valence-electron chi connectivity index (χ0n) is 6.97. The number of carbonyl (C=O) groups excluding carboxylic acids is 1. The lowest BCUT2D eigenvalue weighted by Crippen LogP contribution is -2.13. The van der Waals surface area contributed by atoms with Crippen LogP contribution in [0.2, 0.25) is 0 Å². The van der Waals surface area contributed by atoms with Crippen molar-refractivity contribution in [2.45, 2.75) is 13.0 Å². The van der Waals surface area contributed by atoms with E-state index < -0.39 is 12.0 Å². The first-order valence-electron chi connectivity index (χ1n) is 3.66. The normalized spacial score (nSPS) is 12.1. The smallest absolute Gasteiger partial charge is 0.340 e. The van der Waals surface area contributed by atoms with Gasteiger partial charge in [-0.2, -0.15) is 0 Å². The van der Waals surface area contributed by atoms with Crippen LogP contribution in [0, 0.1) is 4.91 Å². The van der Waals surface area contributed by atoms with E-state index in [0.717, 1.165) is 0 Å². The van der Waals surface area contributed by atoms with E-state index in [1.807, 2.05) is 0 Å². The van der Waals surface area contributed by atoms with Crippen LogP contribution in [0.5, 0.6) is 0 Å². The Bertz CT molecular complexity index is 286. The summed E-state index contributed by atoms with van der Waals surface area (Å²) in [5.74, 6) is -0.650. The van der Waals surface area contributed by atoms with Crippen LogP contribution < -0.4 is 0 Å². The van der Waals surface area contributed by atoms with Gasteiger partial charge in [-0.25, -0.2) is 9.78 Å². The fourth-order valence-corrected chi connectivity index (χ4v) is 1.37. The van der Waals surface area contributed by atoms with Gasteiger partial charge in [0.1, 0.15) is 0 Å². The summed E-state index contributed by atoms with van der Waals surface area (Å²) in [5, 5.41) is 4.27. The zero-order chi connectivity index (χ0) is 9.68. The predicted octanol–water partition coefficient (Wildman–Crippen LogP) is 1.51. The number of nitroso groups, excluding NO2 is 1. The molecule has 1 unspecified atom stereocenters. The summed E-state index contributed by atoms with van der Waals surface area (Å²) in [6.07, 6.45) is 0. The summed E-state index contributed by atoms with van der Waals surface area (Å²) in [6, 6.07) is -1.12. The molecular formula is C7H8N2O3S. The van der Waals surface area contributed by atoms with E-state index in [0.29, 0.717) is 5.69 Å². The Kier molecular flexibility index (Phi) is 3.51. The average Bonchev–Trinajstić information content (AvgIpc) is 2.59. The number of carbonyl (C=O) groups is 1. The van der Waals surface area contributed by atoms with Crippen molar-refractivity contribution in [3.8, 4) is 0 Å². The first-order valence-corrected chi connectivity index (χ1v) is 4.61. The molecule has 0 aromatic carbocycles. The molecular weight excluding hydrogens is 192 g/mol. The minimum absolute atomic E-state index is 0.231. The van der Waals surface area contributed by atoms with Gasteiger partial charge in [0, 0.05) is 5.38 Å². The van der Waals surface area contributed by atoms with Gasteiger partial charge in [0.15, 0.2) is 0 Å². The van der Waals surface area contributed by atoms with Crippen LogP contribution in [-0.4, -0.2) is 17.6 Å². The minimum atomic E-state index is -1.12. The summed E-state index contributed by atoms with van der Waals surface area (Å²) in [6.45, 7) is 1.90. The number of hydrogen-bond donors (Lipinski definition) is 0. The number of hydrogen-bond acceptors (Lipinski definition) is 6. The van der Waals surface area contributed by atoms with E-state index in [1.54, 1.807) is 12.3 Å². The predicted molar refractivity (Wildman–Crippen MR) is 47.3 cm³/mol. The SMILES string of the molecule is CCOC(=O)C(N=O)c1cscn1. The summed E-state index contributed by atoms with van der Waals surface area (Å²) < 4.78 is 4.65. The Morgan fingerprint density at radius 3 is 3.08 bits per heavy atom. The molecule has 0 bridgehead atoms. The maximum atomic E-state index is 11.1. The fourth-order valence-electron chi connectivity index (χ4n) is 0.796. The summed E-state index contributed by atoms with van der Waals surface area (Å²) in [5.41, 5.74) is 1.88. The van der Waals surface area contributed by atoms with Crippen molar-refractivity contribution in [2.24, 2.45) is 5.18 Å². The monoisotopic (exact) mass is 200 g/mol. The molecule has 6 heteroatoms. The fraction of sp³-hybridized carbons (Fsp3) is 0.429. The first-order chi connectivity index (χ1) is 6.29. The largest absolute Gasteiger partial charge is 0.464 e. The molecule has 0 saturated carbocycles. The maximum absolute atomic E-state index is 11.1. The molecule has 0 spiro atoms. The molecule has 1 rings (SSSR count). The number of aromatic nitrogens is 1. The van der Waals surface area contributed by atoms with Crippen LogP contribution in [0.15, 0.2) is 16.1 Å². The van der Waals surface area contributed by atoms with Crippen molar-refractivity contribution in [1.82, 2.24) is 4.98 Å². The Hall–Kier alpha value is -1.30. The number of ether oxygens (including phenoxy) is 1. The van der Waals surface area contributed by atoms with Crippen molar-refractivity contribution < 1.29 is 9.53 Å². The third-order valence-corrected chi connectivity index (χ3v) is 1.95. The summed E-state index contributed by atoms with van der Waals surface area (Å²) >= 11 is 1.30. The van der Waals surface area contributed by atoms with Crippen molar-refractivity contribution >= 4 is 17.3 Å². The van der Waals surface area contributed by atoms with E-state index in [4.69, 9.17) is 0 Å². The van der Waals surface area contributed by atoms with Gasteiger partial charge in [0.2, 0.25) is 6.04 Å². The van der Waals surface area contributed by atoms with E-state index in [-0.39, 0.29) is 6.61 Å². The van der Waals surface area contributed by atoms with Crippen molar-refractivity contribution in [3.05, 3.63) is 21.5 Å². The maximum Gasteiger partial charge on any atom is 0.340 e. The molecule has 1 atom stereocenters. The van der Waals surface area contributed by atoms with Crippen molar-refractivity contribution in [2.75, 3.05) is 6.61 Å². The number of thiazole rings is 1. The van der Waals surface area contributed by atoms with Gasteiger partial charge in [0.25, 0.3) is 0 Å². The minimum Gasteiger partial charge on any atom is -0.464 e.